The molecule has 38 valence electrons. The molecule has 0 fully saturated rings. The standard InChI is InChI=1S/C5H6.Mo.S/c1-3-5-4-2;;/h1,3-5H,2H2;;/b5-3-;;. The summed E-state index contributed by atoms with van der Waals surface area (Å²) in [7, 11) is 4.75. The Morgan fingerprint density at radius 2 is 2.14 bits per heavy atom. The van der Waals surface area contributed by atoms with E-state index in [9.17, 15) is 0 Å². The van der Waals surface area contributed by atoms with Crippen LogP contribution in [0.2, 0.25) is 0 Å². The zero-order valence-electron chi connectivity index (χ0n) is 3.83. The van der Waals surface area contributed by atoms with E-state index >= 15 is 0 Å². The molecule has 0 aromatic carbocycles. The molecule has 0 aromatic heterocycles. The van der Waals surface area contributed by atoms with Crippen molar-refractivity contribution >= 4 is 14.2 Å². The van der Waals surface area contributed by atoms with Gasteiger partial charge < -0.3 is 0 Å². The first kappa shape index (κ1) is 7.26. The van der Waals surface area contributed by atoms with Gasteiger partial charge in [0.2, 0.25) is 0 Å². The molecule has 7 heavy (non-hydrogen) atoms. The Kier molecular flexibility index (Phi) is 6.49. The third kappa shape index (κ3) is 6.26. The van der Waals surface area contributed by atoms with Crippen LogP contribution in [0.4, 0.5) is 0 Å². The predicted octanol–water partition coefficient (Wildman–Crippen LogP) is 1.73. The fraction of sp³-hybridized carbons (Fsp3) is 0. The van der Waals surface area contributed by atoms with E-state index in [1.165, 1.54) is 0 Å². The van der Waals surface area contributed by atoms with Gasteiger partial charge in [0.05, 0.1) is 0 Å². The molecule has 0 radical (unpaired) electrons. The molecule has 0 N–H and O–H groups in total. The van der Waals surface area contributed by atoms with Crippen LogP contribution in [0.25, 0.3) is 0 Å². The Labute approximate surface area is 55.4 Å². The summed E-state index contributed by atoms with van der Waals surface area (Å²) in [6.45, 7) is 3.51. The Morgan fingerprint density at radius 1 is 1.43 bits per heavy atom. The number of rotatable bonds is 2. The second kappa shape index (κ2) is 6.26. The molecule has 0 aliphatic carbocycles. The molecular weight excluding hydrogens is 188 g/mol. The van der Waals surface area contributed by atoms with Crippen molar-refractivity contribution in [3.05, 3.63) is 24.8 Å². The van der Waals surface area contributed by atoms with E-state index in [0.29, 0.717) is 0 Å². The first-order valence-corrected chi connectivity index (χ1v) is 5.76. The van der Waals surface area contributed by atoms with Gasteiger partial charge in [-0.2, -0.15) is 0 Å². The number of hydrogen-bond acceptors (Lipinski definition) is 1. The van der Waals surface area contributed by atoms with Crippen molar-refractivity contribution in [1.29, 1.82) is 0 Å². The van der Waals surface area contributed by atoms with Crippen molar-refractivity contribution in [2.24, 2.45) is 0 Å². The van der Waals surface area contributed by atoms with Gasteiger partial charge in [-0.15, -0.1) is 0 Å². The summed E-state index contributed by atoms with van der Waals surface area (Å²) in [5, 5.41) is 0. The Hall–Kier alpha value is 0.258. The molecule has 0 unspecified atom stereocenters. The quantitative estimate of drug-likeness (QED) is 0.476. The number of allylic oxidation sites excluding steroid dienone is 3. The van der Waals surface area contributed by atoms with Crippen molar-refractivity contribution in [2.45, 2.75) is 0 Å². The van der Waals surface area contributed by atoms with Gasteiger partial charge in [0.25, 0.3) is 0 Å². The maximum atomic E-state index is 4.75. The van der Waals surface area contributed by atoms with Crippen LogP contribution in [0.1, 0.15) is 0 Å². The molecule has 0 saturated carbocycles. The van der Waals surface area contributed by atoms with Crippen molar-refractivity contribution in [3.63, 3.8) is 0 Å². The predicted molar refractivity (Wildman–Crippen MR) is 33.0 cm³/mol. The zero-order valence-corrected chi connectivity index (χ0v) is 6.66. The minimum atomic E-state index is -0.221. The van der Waals surface area contributed by atoms with Crippen molar-refractivity contribution in [1.82, 2.24) is 0 Å². The van der Waals surface area contributed by atoms with Crippen LogP contribution in [0.3, 0.4) is 0 Å². The van der Waals surface area contributed by atoms with E-state index in [-0.39, 0.29) is 16.3 Å². The van der Waals surface area contributed by atoms with Gasteiger partial charge in [-0.1, -0.05) is 0 Å². The number of hydrogen-bond donors (Lipinski definition) is 0. The molecule has 0 aliphatic heterocycles. The van der Waals surface area contributed by atoms with Crippen molar-refractivity contribution < 1.29 is 16.3 Å². The van der Waals surface area contributed by atoms with E-state index in [1.54, 1.807) is 6.08 Å². The monoisotopic (exact) mass is 196 g/mol. The van der Waals surface area contributed by atoms with Gasteiger partial charge >= 0.3 is 55.3 Å². The molecule has 0 rings (SSSR count). The van der Waals surface area contributed by atoms with E-state index in [1.807, 2.05) is 16.6 Å². The second-order valence-corrected chi connectivity index (χ2v) is 3.13. The van der Waals surface area contributed by atoms with Crippen LogP contribution in [-0.2, 0) is 16.3 Å². The third-order valence-corrected chi connectivity index (χ3v) is 1.70. The van der Waals surface area contributed by atoms with Gasteiger partial charge in [0.1, 0.15) is 0 Å². The van der Waals surface area contributed by atoms with E-state index < -0.39 is 0 Å². The van der Waals surface area contributed by atoms with Gasteiger partial charge in [0.15, 0.2) is 0 Å². The van der Waals surface area contributed by atoms with Crippen LogP contribution in [-0.4, -0.2) is 4.40 Å². The molecule has 0 spiro atoms. The molecule has 0 bridgehead atoms. The van der Waals surface area contributed by atoms with E-state index in [4.69, 9.17) is 9.82 Å². The summed E-state index contributed by atoms with van der Waals surface area (Å²) < 4.78 is 2.03. The molecule has 2 heteroatoms. The average Bonchev–Trinajstić information content (AvgIpc) is 1.69. The van der Waals surface area contributed by atoms with Crippen LogP contribution < -0.4 is 0 Å². The van der Waals surface area contributed by atoms with Gasteiger partial charge in [-0.3, -0.25) is 0 Å². The summed E-state index contributed by atoms with van der Waals surface area (Å²) >= 11 is -0.221. The molecule has 0 aliphatic rings. The Bertz CT molecular complexity index is 120. The van der Waals surface area contributed by atoms with Crippen LogP contribution in [0.15, 0.2) is 24.8 Å². The minimum absolute atomic E-state index is 0.221. The molecule has 0 heterocycles. The van der Waals surface area contributed by atoms with Crippen LogP contribution >= 0.6 is 9.82 Å². The van der Waals surface area contributed by atoms with E-state index in [0.717, 1.165) is 0 Å². The van der Waals surface area contributed by atoms with Gasteiger partial charge in [-0.05, 0) is 0 Å². The molecule has 0 saturated heterocycles. The van der Waals surface area contributed by atoms with Crippen LogP contribution in [0.5, 0.6) is 0 Å². The van der Waals surface area contributed by atoms with E-state index in [2.05, 4.69) is 6.58 Å². The summed E-state index contributed by atoms with van der Waals surface area (Å²) in [5.74, 6) is 0. The zero-order chi connectivity index (χ0) is 5.54. The summed E-state index contributed by atoms with van der Waals surface area (Å²) in [4.78, 5) is 0. The molecule has 0 amide bonds. The average molecular weight is 194 g/mol. The van der Waals surface area contributed by atoms with Crippen molar-refractivity contribution in [2.75, 3.05) is 0 Å². The van der Waals surface area contributed by atoms with Crippen molar-refractivity contribution in [3.8, 4) is 0 Å². The molecule has 0 aromatic rings. The Balaban J connectivity index is 3.47. The normalized spacial score (nSPS) is 8.57. The fourth-order valence-corrected chi connectivity index (χ4v) is 0.916. The van der Waals surface area contributed by atoms with Crippen LogP contribution in [0, 0.1) is 0 Å². The maximum absolute atomic E-state index is 4.75. The fourth-order valence-electron chi connectivity index (χ4n) is 0.156. The summed E-state index contributed by atoms with van der Waals surface area (Å²) in [6, 6.07) is 0. The molecular formula is C5H6MoS. The third-order valence-electron chi connectivity index (χ3n) is 0.381. The van der Waals surface area contributed by atoms with Gasteiger partial charge in [-0.25, -0.2) is 0 Å². The molecule has 0 nitrogen and oxygen atoms in total. The van der Waals surface area contributed by atoms with Gasteiger partial charge in [0, 0.05) is 0 Å². The SMILES string of the molecule is C=C/C=C\[CH]=[Mo]=[S]. The summed E-state index contributed by atoms with van der Waals surface area (Å²) in [5.41, 5.74) is 0. The Morgan fingerprint density at radius 3 is 2.57 bits per heavy atom. The topological polar surface area (TPSA) is 0 Å². The molecule has 0 atom stereocenters. The summed E-state index contributed by atoms with van der Waals surface area (Å²) in [6.07, 6.45) is 5.58. The first-order valence-electron chi connectivity index (χ1n) is 1.81. The second-order valence-electron chi connectivity index (χ2n) is 0.853. The first-order chi connectivity index (χ1) is 3.41.